The van der Waals surface area contributed by atoms with Crippen molar-refractivity contribution in [2.75, 3.05) is 0 Å². The van der Waals surface area contributed by atoms with E-state index < -0.39 is 15.0 Å². The van der Waals surface area contributed by atoms with Crippen molar-refractivity contribution in [2.24, 2.45) is 0 Å². The molecule has 1 N–H and O–H groups in total. The molecule has 0 aliphatic heterocycles. The van der Waals surface area contributed by atoms with E-state index >= 15 is 0 Å². The minimum atomic E-state index is -4.39. The van der Waals surface area contributed by atoms with E-state index in [1.807, 2.05) is 0 Å². The molecule has 0 heterocycles. The number of hydrogen-bond acceptors (Lipinski definition) is 2. The van der Waals surface area contributed by atoms with E-state index in [-0.39, 0.29) is 24.3 Å². The summed E-state index contributed by atoms with van der Waals surface area (Å²) < 4.78 is 30.2. The average Bonchev–Trinajstić information content (AvgIpc) is 2.15. The van der Waals surface area contributed by atoms with Gasteiger partial charge in [0.2, 0.25) is 0 Å². The lowest BCUT2D eigenvalue weighted by Gasteiger charge is -2.01. The smallest absolute Gasteiger partial charge is 0.324 e. The van der Waals surface area contributed by atoms with Gasteiger partial charge in [-0.2, -0.15) is 18.0 Å². The van der Waals surface area contributed by atoms with Crippen molar-refractivity contribution in [2.45, 2.75) is 12.8 Å². The lowest BCUT2D eigenvalue weighted by molar-refractivity contribution is -0.0178. The van der Waals surface area contributed by atoms with Crippen LogP contribution in [0.1, 0.15) is 12.8 Å². The molecule has 0 fully saturated rings. The molecular formula is C6H6N4O3S. The van der Waals surface area contributed by atoms with Gasteiger partial charge in [-0.1, -0.05) is 0 Å². The van der Waals surface area contributed by atoms with Crippen molar-refractivity contribution in [1.82, 2.24) is 0 Å². The zero-order chi connectivity index (χ0) is 10.8. The number of hydrogen-bond donors (Lipinski definition) is 1. The zero-order valence-electron chi connectivity index (χ0n) is 6.95. The summed E-state index contributed by atoms with van der Waals surface area (Å²) >= 11 is 0. The SMILES string of the molecule is [N-]=[N+]=C1CC=C(S(=O)(=O)O)C(=[N+]=[N-])C1. The Morgan fingerprint density at radius 3 is 2.43 bits per heavy atom. The van der Waals surface area contributed by atoms with Gasteiger partial charge in [-0.05, 0) is 6.08 Å². The molecule has 0 atom stereocenters. The lowest BCUT2D eigenvalue weighted by atomic mass is 10.0. The van der Waals surface area contributed by atoms with Gasteiger partial charge < -0.3 is 11.1 Å². The van der Waals surface area contributed by atoms with Crippen LogP contribution < -0.4 is 0 Å². The standard InChI is InChI=1S/C6H6N4O3S/c7-9-4-1-2-6(14(11,12)13)5(3-4)10-8/h2H,1,3H2,(H,11,12,13). The Labute approximate surface area is 79.7 Å². The Morgan fingerprint density at radius 1 is 1.36 bits per heavy atom. The summed E-state index contributed by atoms with van der Waals surface area (Å²) in [6.07, 6.45) is 1.09. The maximum absolute atomic E-state index is 10.7. The van der Waals surface area contributed by atoms with E-state index in [9.17, 15) is 8.42 Å². The molecule has 1 aliphatic rings. The van der Waals surface area contributed by atoms with E-state index in [0.29, 0.717) is 0 Å². The monoisotopic (exact) mass is 214 g/mol. The molecule has 1 rings (SSSR count). The topological polar surface area (TPSA) is 127 Å². The third-order valence-electron chi connectivity index (χ3n) is 1.72. The van der Waals surface area contributed by atoms with E-state index in [1.54, 1.807) is 0 Å². The summed E-state index contributed by atoms with van der Waals surface area (Å²) in [6.45, 7) is 0. The molecule has 8 heteroatoms. The predicted molar refractivity (Wildman–Crippen MR) is 46.1 cm³/mol. The quantitative estimate of drug-likeness (QED) is 0.371. The van der Waals surface area contributed by atoms with Crippen LogP contribution in [0.2, 0.25) is 0 Å². The van der Waals surface area contributed by atoms with Gasteiger partial charge in [0.25, 0.3) is 5.71 Å². The summed E-state index contributed by atoms with van der Waals surface area (Å²) in [5.41, 5.74) is 16.9. The highest BCUT2D eigenvalue weighted by molar-refractivity contribution is 7.90. The number of nitrogens with zero attached hydrogens (tertiary/aromatic N) is 4. The minimum absolute atomic E-state index is 0.0879. The molecule has 0 radical (unpaired) electrons. The van der Waals surface area contributed by atoms with Crippen LogP contribution in [0.25, 0.3) is 11.1 Å². The molecular weight excluding hydrogens is 208 g/mol. The summed E-state index contributed by atoms with van der Waals surface area (Å²) in [7, 11) is -4.39. The largest absolute Gasteiger partial charge is 0.362 e. The molecule has 0 bridgehead atoms. The molecule has 0 saturated carbocycles. The van der Waals surface area contributed by atoms with Crippen molar-refractivity contribution in [3.63, 3.8) is 0 Å². The molecule has 0 spiro atoms. The zero-order valence-corrected chi connectivity index (χ0v) is 7.77. The van der Waals surface area contributed by atoms with Crippen LogP contribution in [0.4, 0.5) is 0 Å². The normalized spacial score (nSPS) is 17.1. The summed E-state index contributed by atoms with van der Waals surface area (Å²) in [6, 6.07) is 0. The first kappa shape index (κ1) is 10.5. The molecule has 1 aliphatic carbocycles. The molecule has 0 aromatic rings. The molecule has 0 unspecified atom stereocenters. The van der Waals surface area contributed by atoms with Gasteiger partial charge in [0.15, 0.2) is 4.91 Å². The van der Waals surface area contributed by atoms with Gasteiger partial charge >= 0.3 is 15.8 Å². The Balaban J connectivity index is 3.29. The first-order valence-corrected chi connectivity index (χ1v) is 5.01. The Kier molecular flexibility index (Phi) is 2.73. The van der Waals surface area contributed by atoms with E-state index in [2.05, 4.69) is 9.58 Å². The predicted octanol–water partition coefficient (Wildman–Crippen LogP) is -0.106. The van der Waals surface area contributed by atoms with Crippen molar-refractivity contribution in [1.29, 1.82) is 0 Å². The molecule has 0 aromatic carbocycles. The van der Waals surface area contributed by atoms with Crippen LogP contribution in [0, 0.1) is 0 Å². The molecule has 0 saturated heterocycles. The molecule has 7 nitrogen and oxygen atoms in total. The summed E-state index contributed by atoms with van der Waals surface area (Å²) in [4.78, 5) is 5.13. The third-order valence-corrected chi connectivity index (χ3v) is 2.68. The van der Waals surface area contributed by atoms with Crippen molar-refractivity contribution < 1.29 is 22.6 Å². The van der Waals surface area contributed by atoms with E-state index in [4.69, 9.17) is 15.6 Å². The molecule has 0 amide bonds. The van der Waals surface area contributed by atoms with Crippen LogP contribution in [0.3, 0.4) is 0 Å². The maximum Gasteiger partial charge on any atom is 0.324 e. The van der Waals surface area contributed by atoms with Crippen LogP contribution in [0.15, 0.2) is 11.0 Å². The summed E-state index contributed by atoms with van der Waals surface area (Å²) in [5, 5.41) is 0. The highest BCUT2D eigenvalue weighted by Gasteiger charge is 2.34. The van der Waals surface area contributed by atoms with Gasteiger partial charge in [0.1, 0.15) is 6.42 Å². The number of allylic oxidation sites excluding steroid dienone is 2. The first-order chi connectivity index (χ1) is 6.49. The Hall–Kier alpha value is -1.59. The fourth-order valence-corrected chi connectivity index (χ4v) is 1.80. The fraction of sp³-hybridized carbons (Fsp3) is 0.333. The van der Waals surface area contributed by atoms with Crippen molar-refractivity contribution in [3.8, 4) is 0 Å². The average molecular weight is 214 g/mol. The second-order valence-corrected chi connectivity index (χ2v) is 4.03. The molecule has 74 valence electrons. The Bertz CT molecular complexity index is 491. The molecule has 14 heavy (non-hydrogen) atoms. The first-order valence-electron chi connectivity index (χ1n) is 3.57. The van der Waals surface area contributed by atoms with Crippen LogP contribution in [-0.4, -0.2) is 34.0 Å². The van der Waals surface area contributed by atoms with Gasteiger partial charge in [-0.15, -0.1) is 0 Å². The second kappa shape index (κ2) is 3.65. The Morgan fingerprint density at radius 2 is 2.00 bits per heavy atom. The highest BCUT2D eigenvalue weighted by Crippen LogP contribution is 2.15. The maximum atomic E-state index is 10.7. The second-order valence-electron chi connectivity index (χ2n) is 2.64. The molecule has 0 aromatic heterocycles. The van der Waals surface area contributed by atoms with Gasteiger partial charge in [0, 0.05) is 0 Å². The van der Waals surface area contributed by atoms with Crippen LogP contribution in [0.5, 0.6) is 0 Å². The van der Waals surface area contributed by atoms with Crippen molar-refractivity contribution in [3.05, 3.63) is 22.0 Å². The van der Waals surface area contributed by atoms with Gasteiger partial charge in [-0.25, -0.2) is 0 Å². The highest BCUT2D eigenvalue weighted by atomic mass is 32.2. The van der Waals surface area contributed by atoms with E-state index in [0.717, 1.165) is 6.08 Å². The van der Waals surface area contributed by atoms with Crippen LogP contribution in [-0.2, 0) is 10.1 Å². The fourth-order valence-electron chi connectivity index (χ4n) is 1.10. The third kappa shape index (κ3) is 2.01. The van der Waals surface area contributed by atoms with E-state index in [1.165, 1.54) is 0 Å². The van der Waals surface area contributed by atoms with Gasteiger partial charge in [-0.3, -0.25) is 4.55 Å². The lowest BCUT2D eigenvalue weighted by Crippen LogP contribution is -2.22. The van der Waals surface area contributed by atoms with Crippen LogP contribution >= 0.6 is 0 Å². The van der Waals surface area contributed by atoms with Crippen molar-refractivity contribution >= 4 is 21.5 Å². The minimum Gasteiger partial charge on any atom is -0.362 e. The summed E-state index contributed by atoms with van der Waals surface area (Å²) in [5.74, 6) is 0. The van der Waals surface area contributed by atoms with Gasteiger partial charge in [0.05, 0.1) is 6.42 Å². The number of rotatable bonds is 1.